The topological polar surface area (TPSA) is 84.0 Å². The molecule has 0 atom stereocenters. The van der Waals surface area contributed by atoms with Crippen molar-refractivity contribution in [3.8, 4) is 0 Å². The van der Waals surface area contributed by atoms with E-state index in [9.17, 15) is 8.42 Å². The zero-order chi connectivity index (χ0) is 14.6. The molecular weight excluding hydrogens is 276 g/mol. The number of rotatable bonds is 5. The van der Waals surface area contributed by atoms with Crippen molar-refractivity contribution < 1.29 is 8.42 Å². The number of hydrogen-bond donors (Lipinski definition) is 2. The molecule has 0 amide bonds. The van der Waals surface area contributed by atoms with E-state index < -0.39 is 9.84 Å². The molecule has 2 rings (SSSR count). The average Bonchev–Trinajstić information content (AvgIpc) is 2.43. The fourth-order valence-electron chi connectivity index (χ4n) is 2.47. The van der Waals surface area contributed by atoms with Gasteiger partial charge in [0.05, 0.1) is 11.5 Å². The maximum absolute atomic E-state index is 11.5. The minimum Gasteiger partial charge on any atom is -0.373 e. The Kier molecular flexibility index (Phi) is 4.80. The maximum atomic E-state index is 11.5. The van der Waals surface area contributed by atoms with Crippen LogP contribution in [0.5, 0.6) is 0 Å². The SMILES string of the molecule is CCCc1c(NC)ncnc1NC1CCS(=O)(=O)CC1. The summed E-state index contributed by atoms with van der Waals surface area (Å²) in [5.41, 5.74) is 1.07. The first-order valence-corrected chi connectivity index (χ1v) is 8.86. The smallest absolute Gasteiger partial charge is 0.150 e. The second kappa shape index (κ2) is 6.39. The molecule has 2 N–H and O–H groups in total. The second-order valence-electron chi connectivity index (χ2n) is 5.12. The highest BCUT2D eigenvalue weighted by Gasteiger charge is 2.24. The predicted molar refractivity (Wildman–Crippen MR) is 80.9 cm³/mol. The van der Waals surface area contributed by atoms with Crippen molar-refractivity contribution in [3.63, 3.8) is 0 Å². The minimum absolute atomic E-state index is 0.175. The summed E-state index contributed by atoms with van der Waals surface area (Å²) in [4.78, 5) is 8.56. The Hall–Kier alpha value is -1.37. The summed E-state index contributed by atoms with van der Waals surface area (Å²) in [7, 11) is -0.981. The zero-order valence-electron chi connectivity index (χ0n) is 12.0. The number of hydrogen-bond acceptors (Lipinski definition) is 6. The van der Waals surface area contributed by atoms with Gasteiger partial charge in [0, 0.05) is 18.7 Å². The molecule has 6 nitrogen and oxygen atoms in total. The molecule has 0 aromatic carbocycles. The van der Waals surface area contributed by atoms with Crippen LogP contribution in [0.2, 0.25) is 0 Å². The minimum atomic E-state index is -2.83. The third-order valence-electron chi connectivity index (χ3n) is 3.58. The molecule has 0 spiro atoms. The van der Waals surface area contributed by atoms with Crippen LogP contribution in [0.1, 0.15) is 31.7 Å². The first kappa shape index (κ1) is 15.0. The molecule has 0 saturated carbocycles. The number of aromatic nitrogens is 2. The molecule has 0 radical (unpaired) electrons. The van der Waals surface area contributed by atoms with E-state index in [1.54, 1.807) is 0 Å². The van der Waals surface area contributed by atoms with E-state index >= 15 is 0 Å². The molecular formula is C13H22N4O2S. The summed E-state index contributed by atoms with van der Waals surface area (Å²) in [5, 5.41) is 6.48. The highest BCUT2D eigenvalue weighted by Crippen LogP contribution is 2.24. The van der Waals surface area contributed by atoms with Crippen LogP contribution in [0.3, 0.4) is 0 Å². The lowest BCUT2D eigenvalue weighted by Gasteiger charge is -2.25. The number of nitrogens with one attached hydrogen (secondary N) is 2. The molecule has 1 fully saturated rings. The van der Waals surface area contributed by atoms with E-state index in [0.29, 0.717) is 12.8 Å². The van der Waals surface area contributed by atoms with Crippen molar-refractivity contribution >= 4 is 21.5 Å². The lowest BCUT2D eigenvalue weighted by atomic mass is 10.1. The summed E-state index contributed by atoms with van der Waals surface area (Å²) < 4.78 is 22.9. The lowest BCUT2D eigenvalue weighted by molar-refractivity contribution is 0.558. The Balaban J connectivity index is 2.13. The molecule has 0 unspecified atom stereocenters. The first-order valence-electron chi connectivity index (χ1n) is 7.04. The van der Waals surface area contributed by atoms with Gasteiger partial charge < -0.3 is 10.6 Å². The molecule has 1 aliphatic heterocycles. The van der Waals surface area contributed by atoms with Crippen LogP contribution in [0.15, 0.2) is 6.33 Å². The van der Waals surface area contributed by atoms with Gasteiger partial charge in [0.15, 0.2) is 0 Å². The van der Waals surface area contributed by atoms with Crippen LogP contribution in [0, 0.1) is 0 Å². The summed E-state index contributed by atoms with van der Waals surface area (Å²) in [6, 6.07) is 0.175. The fraction of sp³-hybridized carbons (Fsp3) is 0.692. The summed E-state index contributed by atoms with van der Waals surface area (Å²) in [6.07, 6.45) is 4.73. The van der Waals surface area contributed by atoms with Gasteiger partial charge in [-0.2, -0.15) is 0 Å². The van der Waals surface area contributed by atoms with Gasteiger partial charge in [-0.1, -0.05) is 13.3 Å². The third-order valence-corrected chi connectivity index (χ3v) is 5.29. The van der Waals surface area contributed by atoms with E-state index in [1.807, 2.05) is 7.05 Å². The Morgan fingerprint density at radius 1 is 1.25 bits per heavy atom. The standard InChI is InChI=1S/C13H22N4O2S/c1-3-4-11-12(14-2)15-9-16-13(11)17-10-5-7-20(18,19)8-6-10/h9-10H,3-8H2,1-2H3,(H2,14,15,16,17). The Labute approximate surface area is 120 Å². The van der Waals surface area contributed by atoms with Crippen molar-refractivity contribution in [2.75, 3.05) is 29.2 Å². The van der Waals surface area contributed by atoms with Crippen LogP contribution in [0.4, 0.5) is 11.6 Å². The van der Waals surface area contributed by atoms with Gasteiger partial charge in [-0.15, -0.1) is 0 Å². The molecule has 112 valence electrons. The highest BCUT2D eigenvalue weighted by molar-refractivity contribution is 7.91. The number of anilines is 2. The molecule has 0 bridgehead atoms. The van der Waals surface area contributed by atoms with Gasteiger partial charge in [-0.3, -0.25) is 0 Å². The third kappa shape index (κ3) is 3.59. The fourth-order valence-corrected chi connectivity index (χ4v) is 3.96. The highest BCUT2D eigenvalue weighted by atomic mass is 32.2. The molecule has 0 aliphatic carbocycles. The van der Waals surface area contributed by atoms with E-state index in [2.05, 4.69) is 27.5 Å². The summed E-state index contributed by atoms with van der Waals surface area (Å²) in [5.74, 6) is 2.19. The van der Waals surface area contributed by atoms with Crippen LogP contribution < -0.4 is 10.6 Å². The van der Waals surface area contributed by atoms with Crippen molar-refractivity contribution in [2.24, 2.45) is 0 Å². The number of nitrogens with zero attached hydrogens (tertiary/aromatic N) is 2. The molecule has 7 heteroatoms. The van der Waals surface area contributed by atoms with E-state index in [1.165, 1.54) is 6.33 Å². The Morgan fingerprint density at radius 2 is 1.90 bits per heavy atom. The lowest BCUT2D eigenvalue weighted by Crippen LogP contribution is -2.32. The molecule has 1 aromatic rings. The molecule has 1 aliphatic rings. The van der Waals surface area contributed by atoms with E-state index in [0.717, 1.165) is 30.0 Å². The van der Waals surface area contributed by atoms with Gasteiger partial charge in [0.25, 0.3) is 0 Å². The van der Waals surface area contributed by atoms with Crippen LogP contribution >= 0.6 is 0 Å². The molecule has 1 aromatic heterocycles. The number of sulfone groups is 1. The zero-order valence-corrected chi connectivity index (χ0v) is 12.8. The normalized spacial score (nSPS) is 18.7. The first-order chi connectivity index (χ1) is 9.55. The quantitative estimate of drug-likeness (QED) is 0.856. The van der Waals surface area contributed by atoms with Crippen LogP contribution in [0.25, 0.3) is 0 Å². The largest absolute Gasteiger partial charge is 0.373 e. The van der Waals surface area contributed by atoms with E-state index in [-0.39, 0.29) is 17.5 Å². The Bertz CT molecular complexity index is 545. The predicted octanol–water partition coefficient (Wildman–Crippen LogP) is 1.46. The van der Waals surface area contributed by atoms with Gasteiger partial charge >= 0.3 is 0 Å². The average molecular weight is 298 g/mol. The molecule has 2 heterocycles. The van der Waals surface area contributed by atoms with Crippen molar-refractivity contribution in [3.05, 3.63) is 11.9 Å². The summed E-state index contributed by atoms with van der Waals surface area (Å²) >= 11 is 0. The molecule has 20 heavy (non-hydrogen) atoms. The second-order valence-corrected chi connectivity index (χ2v) is 7.42. The molecule has 1 saturated heterocycles. The van der Waals surface area contributed by atoms with Gasteiger partial charge in [-0.25, -0.2) is 18.4 Å². The van der Waals surface area contributed by atoms with Crippen LogP contribution in [-0.4, -0.2) is 43.0 Å². The summed E-state index contributed by atoms with van der Waals surface area (Å²) in [6.45, 7) is 2.11. The van der Waals surface area contributed by atoms with E-state index in [4.69, 9.17) is 0 Å². The van der Waals surface area contributed by atoms with Crippen molar-refractivity contribution in [1.82, 2.24) is 9.97 Å². The van der Waals surface area contributed by atoms with Gasteiger partial charge in [0.1, 0.15) is 27.8 Å². The Morgan fingerprint density at radius 3 is 2.50 bits per heavy atom. The van der Waals surface area contributed by atoms with Gasteiger partial charge in [0.2, 0.25) is 0 Å². The van der Waals surface area contributed by atoms with Crippen molar-refractivity contribution in [2.45, 2.75) is 38.6 Å². The van der Waals surface area contributed by atoms with Gasteiger partial charge in [-0.05, 0) is 19.3 Å². The van der Waals surface area contributed by atoms with Crippen LogP contribution in [-0.2, 0) is 16.3 Å². The monoisotopic (exact) mass is 298 g/mol. The maximum Gasteiger partial charge on any atom is 0.150 e. The van der Waals surface area contributed by atoms with Crippen molar-refractivity contribution in [1.29, 1.82) is 0 Å².